The van der Waals surface area contributed by atoms with Gasteiger partial charge in [-0.15, -0.1) is 0 Å². The van der Waals surface area contributed by atoms with Crippen LogP contribution >= 0.6 is 0 Å². The number of carboxylic acid groups (broad SMARTS) is 1. The summed E-state index contributed by atoms with van der Waals surface area (Å²) in [7, 11) is 0. The van der Waals surface area contributed by atoms with E-state index >= 15 is 0 Å². The lowest BCUT2D eigenvalue weighted by atomic mass is 9.82. The first-order valence-corrected chi connectivity index (χ1v) is 8.58. The molecule has 1 aromatic heterocycles. The topological polar surface area (TPSA) is 59.4 Å². The van der Waals surface area contributed by atoms with Crippen molar-refractivity contribution in [1.82, 2.24) is 4.98 Å². The Labute approximate surface area is 149 Å². The number of hydrogen-bond acceptors (Lipinski definition) is 3. The molecule has 26 heavy (non-hydrogen) atoms. The maximum absolute atomic E-state index is 12.7. The zero-order valence-electron chi connectivity index (χ0n) is 14.3. The summed E-state index contributed by atoms with van der Waals surface area (Å²) in [5, 5.41) is 10.5. The average Bonchev–Trinajstić information content (AvgIpc) is 2.58. The molecule has 0 saturated heterocycles. The van der Waals surface area contributed by atoms with Gasteiger partial charge in [0.15, 0.2) is 0 Å². The Bertz CT molecular complexity index is 812. The average molecular weight is 367 g/mol. The van der Waals surface area contributed by atoms with Gasteiger partial charge in [0.05, 0.1) is 18.1 Å². The Balaban J connectivity index is 1.70. The van der Waals surface area contributed by atoms with Gasteiger partial charge in [-0.05, 0) is 68.2 Å². The molecule has 0 bridgehead atoms. The van der Waals surface area contributed by atoms with Gasteiger partial charge < -0.3 is 9.84 Å². The van der Waals surface area contributed by atoms with E-state index in [1.165, 1.54) is 6.07 Å². The first-order chi connectivity index (χ1) is 12.2. The number of nitrogens with zero attached hydrogens (tertiary/aromatic N) is 1. The molecule has 1 heterocycles. The minimum Gasteiger partial charge on any atom is -0.478 e. The number of hydrogen-bond donors (Lipinski definition) is 1. The maximum Gasteiger partial charge on any atom is 0.391 e. The van der Waals surface area contributed by atoms with E-state index in [1.807, 2.05) is 0 Å². The van der Waals surface area contributed by atoms with Crippen molar-refractivity contribution in [3.05, 3.63) is 35.5 Å². The van der Waals surface area contributed by atoms with Crippen molar-refractivity contribution in [3.63, 3.8) is 0 Å². The number of rotatable bonds is 4. The van der Waals surface area contributed by atoms with Gasteiger partial charge in [0.25, 0.3) is 0 Å². The Morgan fingerprint density at radius 3 is 2.54 bits per heavy atom. The predicted molar refractivity (Wildman–Crippen MR) is 90.4 cm³/mol. The summed E-state index contributed by atoms with van der Waals surface area (Å²) in [4.78, 5) is 15.5. The number of fused-ring (bicyclic) bond motifs is 1. The zero-order chi connectivity index (χ0) is 18.9. The van der Waals surface area contributed by atoms with Crippen molar-refractivity contribution in [1.29, 1.82) is 0 Å². The van der Waals surface area contributed by atoms with Crippen LogP contribution in [0.15, 0.2) is 24.3 Å². The summed E-state index contributed by atoms with van der Waals surface area (Å²) in [5.41, 5.74) is 0.871. The molecule has 1 fully saturated rings. The minimum absolute atomic E-state index is 0.0734. The van der Waals surface area contributed by atoms with E-state index in [-0.39, 0.29) is 24.3 Å². The van der Waals surface area contributed by atoms with Crippen molar-refractivity contribution in [3.8, 4) is 5.88 Å². The molecule has 2 aromatic rings. The van der Waals surface area contributed by atoms with Crippen LogP contribution in [-0.4, -0.2) is 28.8 Å². The second kappa shape index (κ2) is 7.13. The Hall–Kier alpha value is -2.31. The Morgan fingerprint density at radius 2 is 1.92 bits per heavy atom. The molecule has 1 saturated carbocycles. The fraction of sp³-hybridized carbons (Fsp3) is 0.474. The van der Waals surface area contributed by atoms with Gasteiger partial charge in [0, 0.05) is 11.1 Å². The number of halogens is 3. The highest BCUT2D eigenvalue weighted by molar-refractivity contribution is 5.96. The monoisotopic (exact) mass is 367 g/mol. The van der Waals surface area contributed by atoms with Gasteiger partial charge in [-0.25, -0.2) is 9.78 Å². The lowest BCUT2D eigenvalue weighted by Gasteiger charge is -2.29. The highest BCUT2D eigenvalue weighted by Gasteiger charge is 2.41. The Kier molecular flexibility index (Phi) is 5.07. The fourth-order valence-electron chi connectivity index (χ4n) is 3.45. The van der Waals surface area contributed by atoms with Crippen molar-refractivity contribution in [2.24, 2.45) is 11.8 Å². The number of aryl methyl sites for hydroxylation is 1. The molecule has 0 atom stereocenters. The molecule has 3 rings (SSSR count). The SMILES string of the molecule is Cc1cc2cc(C(=O)O)ccc2c(OCC2CCC(C(F)(F)F)CC2)n1. The molecule has 1 aromatic carbocycles. The number of carboxylic acids is 1. The molecular weight excluding hydrogens is 347 g/mol. The molecule has 0 aliphatic heterocycles. The number of ether oxygens (including phenoxy) is 1. The number of alkyl halides is 3. The van der Waals surface area contributed by atoms with Gasteiger partial charge in [-0.2, -0.15) is 13.2 Å². The van der Waals surface area contributed by atoms with Gasteiger partial charge in [0.2, 0.25) is 5.88 Å². The van der Waals surface area contributed by atoms with E-state index in [0.29, 0.717) is 41.8 Å². The molecule has 0 radical (unpaired) electrons. The van der Waals surface area contributed by atoms with Gasteiger partial charge in [0.1, 0.15) is 0 Å². The number of benzene rings is 1. The largest absolute Gasteiger partial charge is 0.478 e. The van der Waals surface area contributed by atoms with Crippen LogP contribution in [0.25, 0.3) is 10.8 Å². The fourth-order valence-corrected chi connectivity index (χ4v) is 3.45. The van der Waals surface area contributed by atoms with E-state index < -0.39 is 18.1 Å². The van der Waals surface area contributed by atoms with E-state index in [1.54, 1.807) is 25.1 Å². The van der Waals surface area contributed by atoms with Gasteiger partial charge in [-0.3, -0.25) is 0 Å². The summed E-state index contributed by atoms with van der Waals surface area (Å²) >= 11 is 0. The molecule has 140 valence electrons. The van der Waals surface area contributed by atoms with E-state index in [2.05, 4.69) is 4.98 Å². The lowest BCUT2D eigenvalue weighted by Crippen LogP contribution is -2.29. The third kappa shape index (κ3) is 4.08. The van der Waals surface area contributed by atoms with Crippen molar-refractivity contribution in [2.75, 3.05) is 6.61 Å². The van der Waals surface area contributed by atoms with Crippen LogP contribution in [0.4, 0.5) is 13.2 Å². The second-order valence-electron chi connectivity index (χ2n) is 6.88. The number of carbonyl (C=O) groups is 1. The molecule has 7 heteroatoms. The summed E-state index contributed by atoms with van der Waals surface area (Å²) in [6.45, 7) is 2.10. The lowest BCUT2D eigenvalue weighted by molar-refractivity contribution is -0.184. The van der Waals surface area contributed by atoms with Crippen LogP contribution in [0, 0.1) is 18.8 Å². The van der Waals surface area contributed by atoms with Crippen LogP contribution in [0.2, 0.25) is 0 Å². The van der Waals surface area contributed by atoms with Gasteiger partial charge >= 0.3 is 12.1 Å². The number of pyridine rings is 1. The van der Waals surface area contributed by atoms with E-state index in [9.17, 15) is 18.0 Å². The highest BCUT2D eigenvalue weighted by Crippen LogP contribution is 2.39. The van der Waals surface area contributed by atoms with Crippen molar-refractivity contribution < 1.29 is 27.8 Å². The second-order valence-corrected chi connectivity index (χ2v) is 6.88. The smallest absolute Gasteiger partial charge is 0.391 e. The first kappa shape index (κ1) is 18.5. The standard InChI is InChI=1S/C19H20F3NO3/c1-11-8-14-9-13(18(24)25)4-7-16(14)17(23-11)26-10-12-2-5-15(6-3-12)19(20,21)22/h4,7-9,12,15H,2-3,5-6,10H2,1H3,(H,24,25). The maximum atomic E-state index is 12.7. The van der Waals surface area contributed by atoms with E-state index in [4.69, 9.17) is 9.84 Å². The normalized spacial score (nSPS) is 20.9. The number of aromatic nitrogens is 1. The van der Waals surface area contributed by atoms with Crippen molar-refractivity contribution in [2.45, 2.75) is 38.8 Å². The third-order valence-corrected chi connectivity index (χ3v) is 4.94. The Morgan fingerprint density at radius 1 is 1.23 bits per heavy atom. The van der Waals surface area contributed by atoms with Crippen LogP contribution < -0.4 is 4.74 Å². The third-order valence-electron chi connectivity index (χ3n) is 4.94. The molecule has 0 amide bonds. The summed E-state index contributed by atoms with van der Waals surface area (Å²) in [6.07, 6.45) is -2.86. The highest BCUT2D eigenvalue weighted by atomic mass is 19.4. The summed E-state index contributed by atoms with van der Waals surface area (Å²) in [5.74, 6) is -1.74. The first-order valence-electron chi connectivity index (χ1n) is 8.58. The summed E-state index contributed by atoms with van der Waals surface area (Å²) < 4.78 is 44.1. The van der Waals surface area contributed by atoms with Crippen LogP contribution in [0.1, 0.15) is 41.7 Å². The van der Waals surface area contributed by atoms with Crippen LogP contribution in [-0.2, 0) is 0 Å². The predicted octanol–water partition coefficient (Wildman–Crippen LogP) is 4.99. The molecule has 0 unspecified atom stereocenters. The van der Waals surface area contributed by atoms with Crippen LogP contribution in [0.5, 0.6) is 5.88 Å². The minimum atomic E-state index is -4.11. The molecular formula is C19H20F3NO3. The number of aromatic carboxylic acids is 1. The quantitative estimate of drug-likeness (QED) is 0.827. The van der Waals surface area contributed by atoms with E-state index in [0.717, 1.165) is 0 Å². The molecule has 4 nitrogen and oxygen atoms in total. The molecule has 0 spiro atoms. The van der Waals surface area contributed by atoms with Gasteiger partial charge in [-0.1, -0.05) is 0 Å². The molecule has 1 aliphatic carbocycles. The molecule has 1 aliphatic rings. The van der Waals surface area contributed by atoms with Crippen LogP contribution in [0.3, 0.4) is 0 Å². The summed E-state index contributed by atoms with van der Waals surface area (Å²) in [6, 6.07) is 6.49. The zero-order valence-corrected chi connectivity index (χ0v) is 14.3. The molecule has 1 N–H and O–H groups in total. The van der Waals surface area contributed by atoms with Crippen molar-refractivity contribution >= 4 is 16.7 Å².